The number of aliphatic hydroxyl groups is 1. The number of esters is 1. The Morgan fingerprint density at radius 3 is 2.57 bits per heavy atom. The summed E-state index contributed by atoms with van der Waals surface area (Å²) >= 11 is 0. The Labute approximate surface area is 182 Å². The number of fused-ring (bicyclic) bond motifs is 5. The van der Waals surface area contributed by atoms with Crippen molar-refractivity contribution in [2.75, 3.05) is 6.61 Å². The molecule has 0 aromatic heterocycles. The summed E-state index contributed by atoms with van der Waals surface area (Å²) in [6.45, 7) is 9.41. The summed E-state index contributed by atoms with van der Waals surface area (Å²) in [5.41, 5.74) is -0.375. The van der Waals surface area contributed by atoms with E-state index in [1.807, 2.05) is 6.92 Å². The molecule has 1 N–H and O–H groups in total. The molecular weight excluding hydrogens is 376 g/mol. The molecule has 0 heterocycles. The summed E-state index contributed by atoms with van der Waals surface area (Å²) in [6, 6.07) is 0. The maximum Gasteiger partial charge on any atom is 0.305 e. The molecule has 0 amide bonds. The van der Waals surface area contributed by atoms with E-state index in [9.17, 15) is 14.7 Å². The standard InChI is InChI=1S/C26H42O4/c1-5-23(28)30-14-6-11-26(29)13-10-21-20-8-7-18-16-19(27)15-17(2)25(18,4)22(20)9-12-24(21,26)3/h17-18,20-22,29H,5-16H2,1-4H3/t17?,18?,20-,21-,22+,24-,25-,26?/m0/s1. The van der Waals surface area contributed by atoms with Crippen LogP contribution in [0, 0.1) is 40.4 Å². The van der Waals surface area contributed by atoms with Crippen LogP contribution in [0.25, 0.3) is 0 Å². The Kier molecular flexibility index (Phi) is 5.87. The number of ether oxygens (including phenoxy) is 1. The molecule has 170 valence electrons. The van der Waals surface area contributed by atoms with Crippen LogP contribution in [0.15, 0.2) is 0 Å². The molecule has 8 atom stereocenters. The van der Waals surface area contributed by atoms with Crippen molar-refractivity contribution in [3.8, 4) is 0 Å². The van der Waals surface area contributed by atoms with Crippen molar-refractivity contribution in [3.05, 3.63) is 0 Å². The Balaban J connectivity index is 1.48. The van der Waals surface area contributed by atoms with Crippen molar-refractivity contribution in [2.24, 2.45) is 40.4 Å². The lowest BCUT2D eigenvalue weighted by Crippen LogP contribution is -2.58. The van der Waals surface area contributed by atoms with Gasteiger partial charge in [-0.3, -0.25) is 9.59 Å². The van der Waals surface area contributed by atoms with E-state index in [-0.39, 0.29) is 16.8 Å². The van der Waals surface area contributed by atoms with Gasteiger partial charge in [-0.05, 0) is 91.8 Å². The number of hydrogen-bond acceptors (Lipinski definition) is 4. The van der Waals surface area contributed by atoms with Gasteiger partial charge >= 0.3 is 5.97 Å². The lowest BCUT2D eigenvalue weighted by molar-refractivity contribution is -0.170. The monoisotopic (exact) mass is 418 g/mol. The normalized spacial score (nSPS) is 47.9. The van der Waals surface area contributed by atoms with E-state index in [2.05, 4.69) is 20.8 Å². The van der Waals surface area contributed by atoms with Crippen LogP contribution in [0.4, 0.5) is 0 Å². The van der Waals surface area contributed by atoms with E-state index < -0.39 is 5.60 Å². The zero-order valence-electron chi connectivity index (χ0n) is 19.5. The second kappa shape index (κ2) is 7.90. The van der Waals surface area contributed by atoms with Crippen LogP contribution in [0.1, 0.15) is 98.3 Å². The number of Topliss-reactive ketones (excluding diaryl/α,β-unsaturated/α-hetero) is 1. The highest BCUT2D eigenvalue weighted by atomic mass is 16.5. The molecular formula is C26H42O4. The average molecular weight is 419 g/mol. The second-order valence-corrected chi connectivity index (χ2v) is 11.6. The molecule has 3 unspecified atom stereocenters. The topological polar surface area (TPSA) is 63.6 Å². The first kappa shape index (κ1) is 22.3. The van der Waals surface area contributed by atoms with Crippen molar-refractivity contribution in [1.29, 1.82) is 0 Å². The first-order chi connectivity index (χ1) is 14.2. The van der Waals surface area contributed by atoms with E-state index in [0.717, 1.165) is 44.9 Å². The van der Waals surface area contributed by atoms with Gasteiger partial charge in [0, 0.05) is 19.3 Å². The van der Waals surface area contributed by atoms with Gasteiger partial charge in [-0.2, -0.15) is 0 Å². The highest BCUT2D eigenvalue weighted by Gasteiger charge is 2.65. The van der Waals surface area contributed by atoms with Gasteiger partial charge in [-0.15, -0.1) is 0 Å². The average Bonchev–Trinajstić information content (AvgIpc) is 2.97. The van der Waals surface area contributed by atoms with Crippen LogP contribution in [0.2, 0.25) is 0 Å². The zero-order chi connectivity index (χ0) is 21.7. The molecule has 30 heavy (non-hydrogen) atoms. The van der Waals surface area contributed by atoms with Gasteiger partial charge in [0.15, 0.2) is 0 Å². The van der Waals surface area contributed by atoms with Crippen molar-refractivity contribution in [1.82, 2.24) is 0 Å². The summed E-state index contributed by atoms with van der Waals surface area (Å²) in [6.07, 6.45) is 10.2. The first-order valence-electron chi connectivity index (χ1n) is 12.6. The van der Waals surface area contributed by atoms with Gasteiger partial charge in [0.2, 0.25) is 0 Å². The summed E-state index contributed by atoms with van der Waals surface area (Å²) in [7, 11) is 0. The Morgan fingerprint density at radius 2 is 1.83 bits per heavy atom. The number of carbonyl (C=O) groups excluding carboxylic acids is 2. The minimum absolute atomic E-state index is 0.0279. The fourth-order valence-corrected chi connectivity index (χ4v) is 8.65. The van der Waals surface area contributed by atoms with Crippen molar-refractivity contribution in [3.63, 3.8) is 0 Å². The molecule has 4 rings (SSSR count). The highest BCUT2D eigenvalue weighted by molar-refractivity contribution is 5.80. The summed E-state index contributed by atoms with van der Waals surface area (Å²) in [5.74, 6) is 3.34. The Bertz CT molecular complexity index is 689. The van der Waals surface area contributed by atoms with Crippen LogP contribution in [0.3, 0.4) is 0 Å². The predicted octanol–water partition coefficient (Wildman–Crippen LogP) is 5.31. The van der Waals surface area contributed by atoms with Crippen molar-refractivity contribution < 1.29 is 19.4 Å². The van der Waals surface area contributed by atoms with E-state index in [1.54, 1.807) is 0 Å². The maximum absolute atomic E-state index is 12.3. The molecule has 0 aromatic carbocycles. The van der Waals surface area contributed by atoms with E-state index in [1.165, 1.54) is 19.3 Å². The lowest BCUT2D eigenvalue weighted by atomic mass is 9.42. The van der Waals surface area contributed by atoms with E-state index in [4.69, 9.17) is 4.74 Å². The minimum Gasteiger partial charge on any atom is -0.466 e. The molecule has 4 fully saturated rings. The Morgan fingerprint density at radius 1 is 1.10 bits per heavy atom. The first-order valence-corrected chi connectivity index (χ1v) is 12.6. The molecule has 0 saturated heterocycles. The number of rotatable bonds is 5. The SMILES string of the molecule is CCC(=O)OCCCC1(O)CC[C@H]2[C@@H]3CCC4CC(=O)CC(C)[C@]4(C)[C@@H]3CC[C@@]21C. The lowest BCUT2D eigenvalue weighted by Gasteiger charge is -2.62. The van der Waals surface area contributed by atoms with Crippen molar-refractivity contribution >= 4 is 11.8 Å². The van der Waals surface area contributed by atoms with Gasteiger partial charge < -0.3 is 9.84 Å². The van der Waals surface area contributed by atoms with Crippen LogP contribution in [0.5, 0.6) is 0 Å². The van der Waals surface area contributed by atoms with Gasteiger partial charge in [0.25, 0.3) is 0 Å². The summed E-state index contributed by atoms with van der Waals surface area (Å²) < 4.78 is 5.27. The van der Waals surface area contributed by atoms with E-state index >= 15 is 0 Å². The molecule has 0 aliphatic heterocycles. The highest BCUT2D eigenvalue weighted by Crippen LogP contribution is 2.69. The van der Waals surface area contributed by atoms with Crippen LogP contribution in [-0.2, 0) is 14.3 Å². The van der Waals surface area contributed by atoms with Gasteiger partial charge in [0.05, 0.1) is 12.2 Å². The molecule has 4 heteroatoms. The molecule has 4 aliphatic carbocycles. The van der Waals surface area contributed by atoms with Gasteiger partial charge in [-0.1, -0.05) is 27.7 Å². The van der Waals surface area contributed by atoms with Crippen LogP contribution < -0.4 is 0 Å². The fraction of sp³-hybridized carbons (Fsp3) is 0.923. The quantitative estimate of drug-likeness (QED) is 0.485. The molecule has 4 nitrogen and oxygen atoms in total. The maximum atomic E-state index is 12.3. The van der Waals surface area contributed by atoms with Crippen LogP contribution in [-0.4, -0.2) is 29.1 Å². The molecule has 0 radical (unpaired) electrons. The molecule has 4 saturated carbocycles. The number of hydrogen-bond donors (Lipinski definition) is 1. The molecule has 4 aliphatic rings. The fourth-order valence-electron chi connectivity index (χ4n) is 8.65. The smallest absolute Gasteiger partial charge is 0.305 e. The van der Waals surface area contributed by atoms with Gasteiger partial charge in [0.1, 0.15) is 5.78 Å². The molecule has 0 spiro atoms. The third-order valence-corrected chi connectivity index (χ3v) is 10.6. The minimum atomic E-state index is -0.632. The largest absolute Gasteiger partial charge is 0.466 e. The summed E-state index contributed by atoms with van der Waals surface area (Å²) in [4.78, 5) is 23.7. The summed E-state index contributed by atoms with van der Waals surface area (Å²) in [5, 5.41) is 11.8. The third kappa shape index (κ3) is 3.27. The van der Waals surface area contributed by atoms with Crippen LogP contribution >= 0.6 is 0 Å². The van der Waals surface area contributed by atoms with E-state index in [0.29, 0.717) is 48.4 Å². The number of ketones is 1. The van der Waals surface area contributed by atoms with Gasteiger partial charge in [-0.25, -0.2) is 0 Å². The number of carbonyl (C=O) groups is 2. The third-order valence-electron chi connectivity index (χ3n) is 10.6. The zero-order valence-corrected chi connectivity index (χ0v) is 19.5. The Hall–Kier alpha value is -0.900. The molecule has 0 bridgehead atoms. The second-order valence-electron chi connectivity index (χ2n) is 11.6. The predicted molar refractivity (Wildman–Crippen MR) is 117 cm³/mol. The van der Waals surface area contributed by atoms with Crippen molar-refractivity contribution in [2.45, 2.75) is 104 Å². The molecule has 0 aromatic rings.